The summed E-state index contributed by atoms with van der Waals surface area (Å²) in [5, 5.41) is 12.5. The van der Waals surface area contributed by atoms with Gasteiger partial charge in [0.05, 0.1) is 23.5 Å². The number of halogens is 1. The number of imidazole rings is 1. The lowest BCUT2D eigenvalue weighted by atomic mass is 10.2. The van der Waals surface area contributed by atoms with E-state index in [0.29, 0.717) is 31.0 Å². The van der Waals surface area contributed by atoms with Crippen molar-refractivity contribution in [2.75, 3.05) is 14.1 Å². The maximum absolute atomic E-state index is 13.3. The summed E-state index contributed by atoms with van der Waals surface area (Å²) >= 11 is 0. The average Bonchev–Trinajstić information content (AvgIpc) is 3.04. The molecule has 0 aliphatic heterocycles. The van der Waals surface area contributed by atoms with Gasteiger partial charge in [0, 0.05) is 31.5 Å². The van der Waals surface area contributed by atoms with Gasteiger partial charge in [-0.25, -0.2) is 14.2 Å². The highest BCUT2D eigenvalue weighted by molar-refractivity contribution is 5.87. The summed E-state index contributed by atoms with van der Waals surface area (Å²) in [5.41, 5.74) is 3.60. The summed E-state index contributed by atoms with van der Waals surface area (Å²) in [5.74, 6) is -0.377. The van der Waals surface area contributed by atoms with Gasteiger partial charge in [0.2, 0.25) is 0 Å². The van der Waals surface area contributed by atoms with Crippen molar-refractivity contribution < 1.29 is 14.3 Å². The fourth-order valence-electron chi connectivity index (χ4n) is 3.26. The van der Waals surface area contributed by atoms with Gasteiger partial charge in [0.25, 0.3) is 0 Å². The first-order valence-corrected chi connectivity index (χ1v) is 9.66. The SMILES string of the molecule is Cc1cc(C(=O)O)cc(CNCc2ncc(CN(C)C)n2Cc2ccc(F)cc2)n1. The Balaban J connectivity index is 1.74. The number of aromatic carboxylic acids is 1. The second-order valence-corrected chi connectivity index (χ2v) is 7.51. The minimum Gasteiger partial charge on any atom is -0.478 e. The van der Waals surface area contributed by atoms with Crippen LogP contribution in [0.15, 0.2) is 42.6 Å². The smallest absolute Gasteiger partial charge is 0.335 e. The number of pyridine rings is 1. The first-order chi connectivity index (χ1) is 14.3. The van der Waals surface area contributed by atoms with Gasteiger partial charge in [-0.15, -0.1) is 0 Å². The number of carboxylic acids is 1. The van der Waals surface area contributed by atoms with Crippen LogP contribution in [0.5, 0.6) is 0 Å². The molecule has 1 aromatic carbocycles. The largest absolute Gasteiger partial charge is 0.478 e. The minimum absolute atomic E-state index is 0.227. The number of carbonyl (C=O) groups is 1. The number of aryl methyl sites for hydroxylation is 1. The fraction of sp³-hybridized carbons (Fsp3) is 0.318. The third kappa shape index (κ3) is 5.71. The molecule has 0 amide bonds. The molecule has 0 saturated heterocycles. The second-order valence-electron chi connectivity index (χ2n) is 7.51. The molecule has 0 saturated carbocycles. The molecule has 0 fully saturated rings. The lowest BCUT2D eigenvalue weighted by Gasteiger charge is -2.15. The molecule has 3 rings (SSSR count). The van der Waals surface area contributed by atoms with Crippen molar-refractivity contribution in [3.63, 3.8) is 0 Å². The van der Waals surface area contributed by atoms with Crippen LogP contribution in [0.1, 0.15) is 38.8 Å². The Kier molecular flexibility index (Phi) is 6.91. The topological polar surface area (TPSA) is 83.3 Å². The number of rotatable bonds is 9. The molecule has 3 aromatic rings. The Labute approximate surface area is 175 Å². The van der Waals surface area contributed by atoms with Crippen LogP contribution in [-0.4, -0.2) is 44.6 Å². The van der Waals surface area contributed by atoms with Gasteiger partial charge in [-0.3, -0.25) is 4.98 Å². The third-order valence-corrected chi connectivity index (χ3v) is 4.60. The van der Waals surface area contributed by atoms with Gasteiger partial charge in [0.15, 0.2) is 0 Å². The molecule has 158 valence electrons. The van der Waals surface area contributed by atoms with E-state index in [0.717, 1.165) is 23.6 Å². The minimum atomic E-state index is -0.968. The molecule has 0 aliphatic rings. The van der Waals surface area contributed by atoms with E-state index in [1.165, 1.54) is 12.1 Å². The van der Waals surface area contributed by atoms with E-state index >= 15 is 0 Å². The van der Waals surface area contributed by atoms with Crippen LogP contribution in [0, 0.1) is 12.7 Å². The van der Waals surface area contributed by atoms with E-state index in [2.05, 4.69) is 24.8 Å². The van der Waals surface area contributed by atoms with E-state index in [1.54, 1.807) is 31.2 Å². The normalized spacial score (nSPS) is 11.2. The number of hydrogen-bond acceptors (Lipinski definition) is 5. The first kappa shape index (κ1) is 21.6. The zero-order chi connectivity index (χ0) is 21.7. The number of aromatic nitrogens is 3. The van der Waals surface area contributed by atoms with Crippen molar-refractivity contribution in [1.29, 1.82) is 0 Å². The van der Waals surface area contributed by atoms with Gasteiger partial charge < -0.3 is 19.9 Å². The maximum Gasteiger partial charge on any atom is 0.335 e. The Hall–Kier alpha value is -3.10. The summed E-state index contributed by atoms with van der Waals surface area (Å²) in [7, 11) is 3.99. The van der Waals surface area contributed by atoms with E-state index in [1.807, 2.05) is 20.3 Å². The lowest BCUT2D eigenvalue weighted by Crippen LogP contribution is -2.21. The molecule has 2 heterocycles. The molecular formula is C22H26FN5O2. The molecule has 0 bridgehead atoms. The second kappa shape index (κ2) is 9.60. The molecule has 2 aromatic heterocycles. The van der Waals surface area contributed by atoms with Crippen molar-refractivity contribution >= 4 is 5.97 Å². The zero-order valence-corrected chi connectivity index (χ0v) is 17.4. The molecule has 0 radical (unpaired) electrons. The third-order valence-electron chi connectivity index (χ3n) is 4.60. The van der Waals surface area contributed by atoms with Gasteiger partial charge in [0.1, 0.15) is 11.6 Å². The molecular weight excluding hydrogens is 385 g/mol. The van der Waals surface area contributed by atoms with Crippen LogP contribution >= 0.6 is 0 Å². The van der Waals surface area contributed by atoms with Crippen LogP contribution in [0.2, 0.25) is 0 Å². The van der Waals surface area contributed by atoms with Crippen LogP contribution in [-0.2, 0) is 26.2 Å². The number of carboxylic acid groups (broad SMARTS) is 1. The summed E-state index contributed by atoms with van der Waals surface area (Å²) in [6.07, 6.45) is 1.86. The maximum atomic E-state index is 13.3. The summed E-state index contributed by atoms with van der Waals surface area (Å²) in [6.45, 7) is 4.02. The van der Waals surface area contributed by atoms with E-state index < -0.39 is 5.97 Å². The predicted octanol–water partition coefficient (Wildman–Crippen LogP) is 2.82. The highest BCUT2D eigenvalue weighted by atomic mass is 19.1. The van der Waals surface area contributed by atoms with Crippen LogP contribution in [0.25, 0.3) is 0 Å². The van der Waals surface area contributed by atoms with Crippen molar-refractivity contribution in [2.45, 2.75) is 33.1 Å². The Morgan fingerprint density at radius 3 is 2.60 bits per heavy atom. The Morgan fingerprint density at radius 2 is 1.93 bits per heavy atom. The van der Waals surface area contributed by atoms with Gasteiger partial charge >= 0.3 is 5.97 Å². The zero-order valence-electron chi connectivity index (χ0n) is 17.4. The molecule has 0 aliphatic carbocycles. The predicted molar refractivity (Wildman–Crippen MR) is 112 cm³/mol. The van der Waals surface area contributed by atoms with Crippen LogP contribution in [0.4, 0.5) is 4.39 Å². The Morgan fingerprint density at radius 1 is 1.20 bits per heavy atom. The molecule has 8 heteroatoms. The van der Waals surface area contributed by atoms with E-state index in [9.17, 15) is 14.3 Å². The molecule has 7 nitrogen and oxygen atoms in total. The van der Waals surface area contributed by atoms with Crippen molar-refractivity contribution in [2.24, 2.45) is 0 Å². The summed E-state index contributed by atoms with van der Waals surface area (Å²) in [4.78, 5) is 22.3. The summed E-state index contributed by atoms with van der Waals surface area (Å²) < 4.78 is 15.4. The molecule has 0 spiro atoms. The lowest BCUT2D eigenvalue weighted by molar-refractivity contribution is 0.0696. The van der Waals surface area contributed by atoms with Crippen LogP contribution in [0.3, 0.4) is 0 Å². The Bertz CT molecular complexity index is 1010. The highest BCUT2D eigenvalue weighted by Gasteiger charge is 2.12. The molecule has 2 N–H and O–H groups in total. The van der Waals surface area contributed by atoms with Gasteiger partial charge in [-0.05, 0) is 50.8 Å². The van der Waals surface area contributed by atoms with E-state index in [-0.39, 0.29) is 11.4 Å². The van der Waals surface area contributed by atoms with Crippen molar-refractivity contribution in [3.8, 4) is 0 Å². The average molecular weight is 411 g/mol. The molecule has 30 heavy (non-hydrogen) atoms. The fourth-order valence-corrected chi connectivity index (χ4v) is 3.26. The molecule has 0 atom stereocenters. The number of hydrogen-bond donors (Lipinski definition) is 2. The summed E-state index contributed by atoms with van der Waals surface area (Å²) in [6, 6.07) is 9.59. The highest BCUT2D eigenvalue weighted by Crippen LogP contribution is 2.13. The number of benzene rings is 1. The van der Waals surface area contributed by atoms with Crippen molar-refractivity contribution in [1.82, 2.24) is 24.8 Å². The van der Waals surface area contributed by atoms with Crippen LogP contribution < -0.4 is 5.32 Å². The molecule has 0 unspecified atom stereocenters. The van der Waals surface area contributed by atoms with Crippen molar-refractivity contribution in [3.05, 3.63) is 82.4 Å². The number of nitrogens with zero attached hydrogens (tertiary/aromatic N) is 4. The monoisotopic (exact) mass is 411 g/mol. The quantitative estimate of drug-likeness (QED) is 0.563. The first-order valence-electron chi connectivity index (χ1n) is 9.66. The van der Waals surface area contributed by atoms with Gasteiger partial charge in [-0.2, -0.15) is 0 Å². The number of nitrogens with one attached hydrogen (secondary N) is 1. The standard InChI is InChI=1S/C22H26FN5O2/c1-15-8-17(22(29)30)9-19(26-15)10-24-12-21-25-11-20(14-27(2)3)28(21)13-16-4-6-18(23)7-5-16/h4-9,11,24H,10,12-14H2,1-3H3,(H,29,30). The van der Waals surface area contributed by atoms with E-state index in [4.69, 9.17) is 0 Å². The van der Waals surface area contributed by atoms with Gasteiger partial charge in [-0.1, -0.05) is 12.1 Å².